The number of amidine groups is 1. The minimum atomic E-state index is -0.673. The lowest BCUT2D eigenvalue weighted by molar-refractivity contribution is -0.115. The Balaban J connectivity index is 2.11. The average Bonchev–Trinajstić information content (AvgIpc) is 2.74. The van der Waals surface area contributed by atoms with Crippen LogP contribution in [0, 0.1) is 0 Å². The fourth-order valence-electron chi connectivity index (χ4n) is 2.84. The maximum absolute atomic E-state index is 13.0. The maximum atomic E-state index is 13.0. The second-order valence-corrected chi connectivity index (χ2v) is 7.63. The highest BCUT2D eigenvalue weighted by atomic mass is 35.5. The number of amides is 1. The van der Waals surface area contributed by atoms with E-state index in [9.17, 15) is 9.59 Å². The van der Waals surface area contributed by atoms with Crippen molar-refractivity contribution in [3.05, 3.63) is 52.6 Å². The van der Waals surface area contributed by atoms with Gasteiger partial charge < -0.3 is 4.74 Å². The van der Waals surface area contributed by atoms with Crippen LogP contribution in [0.3, 0.4) is 0 Å². The van der Waals surface area contributed by atoms with Gasteiger partial charge >= 0.3 is 6.09 Å². The summed E-state index contributed by atoms with van der Waals surface area (Å²) >= 11 is 6.12. The van der Waals surface area contributed by atoms with E-state index in [0.717, 1.165) is 5.56 Å². The predicted octanol–water partition coefficient (Wildman–Crippen LogP) is 4.62. The molecule has 0 radical (unpaired) electrons. The van der Waals surface area contributed by atoms with E-state index < -0.39 is 11.7 Å². The van der Waals surface area contributed by atoms with E-state index in [0.29, 0.717) is 41.5 Å². The molecule has 0 unspecified atom stereocenters. The van der Waals surface area contributed by atoms with Crippen LogP contribution in [-0.2, 0) is 9.53 Å². The molecular weight excluding hydrogens is 352 g/mol. The second-order valence-electron chi connectivity index (χ2n) is 7.19. The molecule has 0 saturated heterocycles. The van der Waals surface area contributed by atoms with Gasteiger partial charge in [0.25, 0.3) is 0 Å². The van der Waals surface area contributed by atoms with E-state index in [1.54, 1.807) is 45.1 Å². The lowest BCUT2D eigenvalue weighted by Gasteiger charge is -2.32. The molecule has 0 N–H and O–H groups in total. The first-order valence-corrected chi connectivity index (χ1v) is 8.93. The number of carbonyl (C=O) groups excluding carboxylic acids is 2. The third-order valence-corrected chi connectivity index (χ3v) is 4.16. The Morgan fingerprint density at radius 2 is 2.04 bits per heavy atom. The summed E-state index contributed by atoms with van der Waals surface area (Å²) in [7, 11) is 0. The first kappa shape index (κ1) is 18.4. The van der Waals surface area contributed by atoms with Crippen LogP contribution in [0.1, 0.15) is 39.2 Å². The van der Waals surface area contributed by atoms with Gasteiger partial charge in [0, 0.05) is 23.6 Å². The summed E-state index contributed by atoms with van der Waals surface area (Å²) in [6.07, 6.45) is 3.98. The molecule has 6 heteroatoms. The zero-order valence-corrected chi connectivity index (χ0v) is 15.8. The van der Waals surface area contributed by atoms with Gasteiger partial charge in [-0.15, -0.1) is 0 Å². The Morgan fingerprint density at radius 1 is 1.27 bits per heavy atom. The second kappa shape index (κ2) is 7.08. The number of carbonyl (C=O) groups is 2. The molecule has 26 heavy (non-hydrogen) atoms. The molecule has 1 aromatic rings. The normalized spacial score (nSPS) is 17.6. The molecule has 2 aliphatic rings. The zero-order valence-electron chi connectivity index (χ0n) is 15.1. The lowest BCUT2D eigenvalue weighted by Crippen LogP contribution is -2.42. The quantitative estimate of drug-likeness (QED) is 0.722. The number of ketones is 1. The minimum Gasteiger partial charge on any atom is -0.443 e. The van der Waals surface area contributed by atoms with Crippen LogP contribution in [-0.4, -0.2) is 34.8 Å². The van der Waals surface area contributed by atoms with Crippen molar-refractivity contribution in [1.29, 1.82) is 0 Å². The number of ether oxygens (including phenoxy) is 1. The summed E-state index contributed by atoms with van der Waals surface area (Å²) in [4.78, 5) is 31.3. The number of fused-ring (bicyclic) bond motifs is 1. The van der Waals surface area contributed by atoms with Crippen LogP contribution in [0.2, 0.25) is 5.02 Å². The molecule has 136 valence electrons. The number of halogens is 1. The summed E-state index contributed by atoms with van der Waals surface area (Å²) in [6, 6.07) is 7.20. The topological polar surface area (TPSA) is 59.0 Å². The van der Waals surface area contributed by atoms with Crippen molar-refractivity contribution in [3.63, 3.8) is 0 Å². The largest absolute Gasteiger partial charge is 0.443 e. The lowest BCUT2D eigenvalue weighted by atomic mass is 10.00. The van der Waals surface area contributed by atoms with Gasteiger partial charge in [-0.1, -0.05) is 23.7 Å². The third-order valence-electron chi connectivity index (χ3n) is 3.92. The van der Waals surface area contributed by atoms with Crippen molar-refractivity contribution >= 4 is 35.0 Å². The summed E-state index contributed by atoms with van der Waals surface area (Å²) in [5.74, 6) is 0.329. The molecule has 2 aliphatic heterocycles. The standard InChI is InChI=1S/C20H21ClN2O3/c1-20(2,3)26-19(25)23-16(13-6-4-7-14(21)12-13)10-9-15-17(24)8-5-11-22-18(15)23/h4,6-7,9-10,12H,5,8,11H2,1-3H3. The van der Waals surface area contributed by atoms with Gasteiger partial charge in [0.1, 0.15) is 11.4 Å². The summed E-state index contributed by atoms with van der Waals surface area (Å²) < 4.78 is 5.58. The molecule has 0 spiro atoms. The van der Waals surface area contributed by atoms with Gasteiger partial charge in [-0.25, -0.2) is 9.69 Å². The van der Waals surface area contributed by atoms with E-state index in [2.05, 4.69) is 4.99 Å². The van der Waals surface area contributed by atoms with Crippen molar-refractivity contribution in [1.82, 2.24) is 4.90 Å². The molecule has 0 aromatic heterocycles. The molecule has 3 rings (SSSR count). The number of benzene rings is 1. The molecule has 0 saturated carbocycles. The molecule has 0 aliphatic carbocycles. The Hall–Kier alpha value is -2.40. The van der Waals surface area contributed by atoms with Crippen LogP contribution in [0.5, 0.6) is 0 Å². The van der Waals surface area contributed by atoms with Crippen LogP contribution in [0.4, 0.5) is 4.79 Å². The average molecular weight is 373 g/mol. The number of Topliss-reactive ketones (excluding diaryl/α,β-unsaturated/α-hetero) is 1. The number of allylic oxidation sites excluding steroid dienone is 2. The van der Waals surface area contributed by atoms with Crippen LogP contribution in [0.25, 0.3) is 5.70 Å². The van der Waals surface area contributed by atoms with Gasteiger partial charge in [0.15, 0.2) is 5.78 Å². The Kier molecular flexibility index (Phi) is 5.01. The Bertz CT molecular complexity index is 847. The van der Waals surface area contributed by atoms with E-state index in [1.807, 2.05) is 12.1 Å². The first-order chi connectivity index (χ1) is 12.3. The molecule has 0 atom stereocenters. The zero-order chi connectivity index (χ0) is 18.9. The number of aliphatic imine (C=N–C) groups is 1. The van der Waals surface area contributed by atoms with E-state index in [1.165, 1.54) is 4.90 Å². The summed E-state index contributed by atoms with van der Waals surface area (Å²) in [6.45, 7) is 5.89. The SMILES string of the molecule is CC(C)(C)OC(=O)N1C(c2cccc(Cl)c2)=CC=C2C(=O)CCCN=C21. The summed E-state index contributed by atoms with van der Waals surface area (Å²) in [5, 5.41) is 0.557. The van der Waals surface area contributed by atoms with Crippen LogP contribution in [0.15, 0.2) is 47.0 Å². The minimum absolute atomic E-state index is 0.0174. The van der Waals surface area contributed by atoms with Crippen molar-refractivity contribution in [2.45, 2.75) is 39.2 Å². The number of hydrogen-bond acceptors (Lipinski definition) is 4. The fourth-order valence-corrected chi connectivity index (χ4v) is 3.03. The molecular formula is C20H21ClN2O3. The van der Waals surface area contributed by atoms with Crippen LogP contribution < -0.4 is 0 Å². The predicted molar refractivity (Wildman–Crippen MR) is 102 cm³/mol. The summed E-state index contributed by atoms with van der Waals surface area (Å²) in [5.41, 5.74) is 1.10. The van der Waals surface area contributed by atoms with Crippen molar-refractivity contribution < 1.29 is 14.3 Å². The monoisotopic (exact) mass is 372 g/mol. The number of rotatable bonds is 1. The van der Waals surface area contributed by atoms with Crippen molar-refractivity contribution in [3.8, 4) is 0 Å². The molecule has 0 bridgehead atoms. The number of nitrogens with zero attached hydrogens (tertiary/aromatic N) is 2. The molecule has 1 aromatic carbocycles. The van der Waals surface area contributed by atoms with Gasteiger partial charge in [-0.2, -0.15) is 0 Å². The number of hydrogen-bond donors (Lipinski definition) is 0. The van der Waals surface area contributed by atoms with Gasteiger partial charge in [-0.3, -0.25) is 9.79 Å². The molecule has 1 amide bonds. The first-order valence-electron chi connectivity index (χ1n) is 8.55. The highest BCUT2D eigenvalue weighted by molar-refractivity contribution is 6.31. The van der Waals surface area contributed by atoms with E-state index in [4.69, 9.17) is 16.3 Å². The smallest absolute Gasteiger partial charge is 0.420 e. The van der Waals surface area contributed by atoms with Crippen molar-refractivity contribution in [2.75, 3.05) is 6.54 Å². The highest BCUT2D eigenvalue weighted by Gasteiger charge is 2.35. The van der Waals surface area contributed by atoms with E-state index >= 15 is 0 Å². The molecule has 2 heterocycles. The van der Waals surface area contributed by atoms with Gasteiger partial charge in [0.2, 0.25) is 0 Å². The Labute approximate surface area is 158 Å². The third kappa shape index (κ3) is 3.88. The van der Waals surface area contributed by atoms with Crippen LogP contribution >= 0.6 is 11.6 Å². The maximum Gasteiger partial charge on any atom is 0.420 e. The van der Waals surface area contributed by atoms with E-state index in [-0.39, 0.29) is 5.78 Å². The molecule has 5 nitrogen and oxygen atoms in total. The highest BCUT2D eigenvalue weighted by Crippen LogP contribution is 2.31. The van der Waals surface area contributed by atoms with Gasteiger partial charge in [0.05, 0.1) is 11.3 Å². The van der Waals surface area contributed by atoms with Crippen molar-refractivity contribution in [2.24, 2.45) is 4.99 Å². The fraction of sp³-hybridized carbons (Fsp3) is 0.350. The Morgan fingerprint density at radius 3 is 2.73 bits per heavy atom. The molecule has 0 fully saturated rings. The van der Waals surface area contributed by atoms with Gasteiger partial charge in [-0.05, 0) is 51.5 Å².